The van der Waals surface area contributed by atoms with Crippen LogP contribution >= 0.6 is 11.6 Å². The summed E-state index contributed by atoms with van der Waals surface area (Å²) in [5.41, 5.74) is 3.41. The zero-order valence-corrected chi connectivity index (χ0v) is 19.6. The Morgan fingerprint density at radius 3 is 2.38 bits per heavy atom. The number of benzene rings is 3. The van der Waals surface area contributed by atoms with E-state index in [1.807, 2.05) is 56.3 Å². The number of ether oxygens (including phenoxy) is 1. The Kier molecular flexibility index (Phi) is 7.56. The number of rotatable bonds is 8. The van der Waals surface area contributed by atoms with Crippen molar-refractivity contribution in [1.29, 1.82) is 0 Å². The molecule has 1 amide bonds. The van der Waals surface area contributed by atoms with E-state index in [0.717, 1.165) is 16.7 Å². The summed E-state index contributed by atoms with van der Waals surface area (Å²) in [6.07, 6.45) is 0.181. The maximum Gasteiger partial charge on any atom is 0.242 e. The lowest BCUT2D eigenvalue weighted by Gasteiger charge is -2.20. The molecule has 0 bridgehead atoms. The molecule has 8 heteroatoms. The van der Waals surface area contributed by atoms with Crippen LogP contribution in [0.15, 0.2) is 71.6 Å². The molecule has 3 aromatic carbocycles. The highest BCUT2D eigenvalue weighted by atomic mass is 35.5. The first-order chi connectivity index (χ1) is 15.2. The fourth-order valence-electron chi connectivity index (χ4n) is 3.28. The summed E-state index contributed by atoms with van der Waals surface area (Å²) in [6, 6.07) is 18.0. The third-order valence-corrected chi connectivity index (χ3v) is 6.73. The van der Waals surface area contributed by atoms with Crippen molar-refractivity contribution in [3.05, 3.63) is 88.4 Å². The van der Waals surface area contributed by atoms with E-state index in [9.17, 15) is 13.2 Å². The van der Waals surface area contributed by atoms with Gasteiger partial charge in [0.15, 0.2) is 0 Å². The van der Waals surface area contributed by atoms with Crippen LogP contribution in [0.1, 0.15) is 16.7 Å². The van der Waals surface area contributed by atoms with E-state index >= 15 is 0 Å². The first kappa shape index (κ1) is 23.8. The van der Waals surface area contributed by atoms with Gasteiger partial charge in [0.2, 0.25) is 15.9 Å². The number of methoxy groups -OCH3 is 1. The quantitative estimate of drug-likeness (QED) is 0.505. The first-order valence-corrected chi connectivity index (χ1v) is 11.8. The Balaban J connectivity index is 1.89. The van der Waals surface area contributed by atoms with E-state index in [4.69, 9.17) is 16.3 Å². The standard InChI is InChI=1S/C24H25ClN2O4S/c1-16-9-11-21(17(2)13-16)26-24(28)22(14-18-7-5-4-6-8-18)27-32(29,30)19-10-12-23(31-3)20(25)15-19/h4-13,15,22,27H,14H2,1-3H3,(H,26,28)/t22-/m1/s1. The van der Waals surface area contributed by atoms with Gasteiger partial charge in [-0.2, -0.15) is 4.72 Å². The highest BCUT2D eigenvalue weighted by Gasteiger charge is 2.27. The summed E-state index contributed by atoms with van der Waals surface area (Å²) >= 11 is 6.11. The number of anilines is 1. The molecular formula is C24H25ClN2O4S. The minimum Gasteiger partial charge on any atom is -0.495 e. The molecule has 2 N–H and O–H groups in total. The van der Waals surface area contributed by atoms with E-state index < -0.39 is 22.0 Å². The van der Waals surface area contributed by atoms with E-state index in [1.54, 1.807) is 6.07 Å². The van der Waals surface area contributed by atoms with Gasteiger partial charge in [-0.05, 0) is 55.7 Å². The predicted octanol–water partition coefficient (Wildman–Crippen LogP) is 4.49. The Morgan fingerprint density at radius 1 is 1.03 bits per heavy atom. The average molecular weight is 473 g/mol. The van der Waals surface area contributed by atoms with Crippen LogP contribution in [-0.2, 0) is 21.2 Å². The highest BCUT2D eigenvalue weighted by molar-refractivity contribution is 7.89. The van der Waals surface area contributed by atoms with Gasteiger partial charge in [0.25, 0.3) is 0 Å². The molecule has 168 valence electrons. The highest BCUT2D eigenvalue weighted by Crippen LogP contribution is 2.27. The number of amides is 1. The van der Waals surface area contributed by atoms with Crippen LogP contribution in [0.2, 0.25) is 5.02 Å². The van der Waals surface area contributed by atoms with Crippen LogP contribution in [0.25, 0.3) is 0 Å². The number of carbonyl (C=O) groups is 1. The second kappa shape index (κ2) is 10.2. The molecule has 0 aliphatic carbocycles. The van der Waals surface area contributed by atoms with Crippen LogP contribution in [0.4, 0.5) is 5.69 Å². The second-order valence-corrected chi connectivity index (χ2v) is 9.59. The number of sulfonamides is 1. The number of carbonyl (C=O) groups excluding carboxylic acids is 1. The van der Waals surface area contributed by atoms with Gasteiger partial charge >= 0.3 is 0 Å². The summed E-state index contributed by atoms with van der Waals surface area (Å²) in [7, 11) is -2.59. The van der Waals surface area contributed by atoms with Gasteiger partial charge in [0.05, 0.1) is 17.0 Å². The second-order valence-electron chi connectivity index (χ2n) is 7.47. The fourth-order valence-corrected chi connectivity index (χ4v) is 4.82. The van der Waals surface area contributed by atoms with Crippen molar-refractivity contribution in [3.63, 3.8) is 0 Å². The van der Waals surface area contributed by atoms with Crippen LogP contribution in [-0.4, -0.2) is 27.5 Å². The van der Waals surface area contributed by atoms with Crippen molar-refractivity contribution in [3.8, 4) is 5.75 Å². The largest absolute Gasteiger partial charge is 0.495 e. The third kappa shape index (κ3) is 5.88. The van der Waals surface area contributed by atoms with Crippen LogP contribution in [0.3, 0.4) is 0 Å². The molecule has 1 atom stereocenters. The molecule has 0 aromatic heterocycles. The molecule has 32 heavy (non-hydrogen) atoms. The van der Waals surface area contributed by atoms with Gasteiger partial charge in [0.1, 0.15) is 11.8 Å². The normalized spacial score (nSPS) is 12.2. The smallest absolute Gasteiger partial charge is 0.242 e. The van der Waals surface area contributed by atoms with Crippen LogP contribution < -0.4 is 14.8 Å². The summed E-state index contributed by atoms with van der Waals surface area (Å²) in [5, 5.41) is 3.01. The van der Waals surface area contributed by atoms with Gasteiger partial charge < -0.3 is 10.1 Å². The van der Waals surface area contributed by atoms with E-state index in [0.29, 0.717) is 11.4 Å². The molecule has 0 heterocycles. The van der Waals surface area contributed by atoms with E-state index in [2.05, 4.69) is 10.0 Å². The summed E-state index contributed by atoms with van der Waals surface area (Å²) in [4.78, 5) is 13.1. The lowest BCUT2D eigenvalue weighted by atomic mass is 10.1. The molecule has 6 nitrogen and oxygen atoms in total. The molecule has 0 aliphatic rings. The van der Waals surface area contributed by atoms with Gasteiger partial charge in [-0.15, -0.1) is 0 Å². The molecule has 0 radical (unpaired) electrons. The van der Waals surface area contributed by atoms with Gasteiger partial charge in [-0.1, -0.05) is 59.6 Å². The first-order valence-electron chi connectivity index (χ1n) is 9.97. The van der Waals surface area contributed by atoms with Crippen molar-refractivity contribution in [2.75, 3.05) is 12.4 Å². The Morgan fingerprint density at radius 2 is 1.75 bits per heavy atom. The molecule has 0 saturated carbocycles. The molecule has 0 fully saturated rings. The van der Waals surface area contributed by atoms with Gasteiger partial charge in [0, 0.05) is 5.69 Å². The van der Waals surface area contributed by atoms with Crippen molar-refractivity contribution in [2.45, 2.75) is 31.2 Å². The van der Waals surface area contributed by atoms with E-state index in [1.165, 1.54) is 25.3 Å². The average Bonchev–Trinajstić information content (AvgIpc) is 2.75. The van der Waals surface area contributed by atoms with Crippen molar-refractivity contribution in [2.24, 2.45) is 0 Å². The SMILES string of the molecule is COc1ccc(S(=O)(=O)N[C@H](Cc2ccccc2)C(=O)Nc2ccc(C)cc2C)cc1Cl. The predicted molar refractivity (Wildman–Crippen MR) is 127 cm³/mol. The zero-order chi connectivity index (χ0) is 23.3. The van der Waals surface area contributed by atoms with Crippen molar-refractivity contribution in [1.82, 2.24) is 4.72 Å². The summed E-state index contributed by atoms with van der Waals surface area (Å²) in [6.45, 7) is 3.85. The lowest BCUT2D eigenvalue weighted by molar-refractivity contribution is -0.117. The molecule has 0 spiro atoms. The lowest BCUT2D eigenvalue weighted by Crippen LogP contribution is -2.45. The minimum absolute atomic E-state index is 0.0549. The number of nitrogens with one attached hydrogen (secondary N) is 2. The number of aryl methyl sites for hydroxylation is 2. The molecule has 3 aromatic rings. The molecule has 3 rings (SSSR count). The zero-order valence-electron chi connectivity index (χ0n) is 18.1. The number of hydrogen-bond donors (Lipinski definition) is 2. The van der Waals surface area contributed by atoms with Crippen LogP contribution in [0, 0.1) is 13.8 Å². The monoisotopic (exact) mass is 472 g/mol. The van der Waals surface area contributed by atoms with E-state index in [-0.39, 0.29) is 16.3 Å². The van der Waals surface area contributed by atoms with Crippen LogP contribution in [0.5, 0.6) is 5.75 Å². The molecular weight excluding hydrogens is 448 g/mol. The van der Waals surface area contributed by atoms with Crippen molar-refractivity contribution >= 4 is 33.2 Å². The summed E-state index contributed by atoms with van der Waals surface area (Å²) in [5.74, 6) is -0.0944. The Hall–Kier alpha value is -2.87. The Bertz CT molecular complexity index is 1210. The maximum atomic E-state index is 13.1. The molecule has 0 aliphatic heterocycles. The number of hydrogen-bond acceptors (Lipinski definition) is 4. The Labute approximate surface area is 193 Å². The fraction of sp³-hybridized carbons (Fsp3) is 0.208. The molecule has 0 saturated heterocycles. The third-order valence-electron chi connectivity index (χ3n) is 4.97. The van der Waals surface area contributed by atoms with Crippen molar-refractivity contribution < 1.29 is 17.9 Å². The maximum absolute atomic E-state index is 13.1. The topological polar surface area (TPSA) is 84.5 Å². The molecule has 0 unspecified atom stereocenters. The number of halogens is 1. The van der Waals surface area contributed by atoms with Gasteiger partial charge in [-0.25, -0.2) is 8.42 Å². The van der Waals surface area contributed by atoms with Gasteiger partial charge in [-0.3, -0.25) is 4.79 Å². The summed E-state index contributed by atoms with van der Waals surface area (Å²) < 4.78 is 33.7. The minimum atomic E-state index is -4.03.